The molecule has 3 atom stereocenters. The first-order valence-corrected chi connectivity index (χ1v) is 13.5. The van der Waals surface area contributed by atoms with Gasteiger partial charge in [-0.15, -0.1) is 0 Å². The van der Waals surface area contributed by atoms with E-state index in [9.17, 15) is 9.59 Å². The monoisotopic (exact) mass is 583 g/mol. The van der Waals surface area contributed by atoms with Crippen LogP contribution in [0.4, 0.5) is 0 Å². The summed E-state index contributed by atoms with van der Waals surface area (Å²) in [6, 6.07) is 6.95. The highest BCUT2D eigenvalue weighted by Gasteiger charge is 2.35. The molecule has 0 radical (unpaired) electrons. The molecule has 1 aliphatic carbocycles. The number of benzene rings is 1. The van der Waals surface area contributed by atoms with Gasteiger partial charge in [0.15, 0.2) is 5.76 Å². The van der Waals surface area contributed by atoms with E-state index in [1.54, 1.807) is 23.9 Å². The lowest BCUT2D eigenvalue weighted by Gasteiger charge is -2.37. The van der Waals surface area contributed by atoms with E-state index >= 15 is 0 Å². The Bertz CT molecular complexity index is 1320. The third kappa shape index (κ3) is 5.94. The predicted molar refractivity (Wildman–Crippen MR) is 144 cm³/mol. The number of carbonyl (C=O) groups is 2. The normalized spacial score (nSPS) is 21.6. The summed E-state index contributed by atoms with van der Waals surface area (Å²) < 4.78 is 7.15. The largest absolute Gasteiger partial charge is 0.439 e. The van der Waals surface area contributed by atoms with E-state index in [0.717, 1.165) is 18.4 Å². The number of furan rings is 1. The number of piperidine rings is 1. The molecule has 196 valence electrons. The maximum absolute atomic E-state index is 13.2. The quantitative estimate of drug-likeness (QED) is 0.354. The molecule has 0 spiro atoms. The van der Waals surface area contributed by atoms with Crippen LogP contribution in [0.2, 0.25) is 20.3 Å². The van der Waals surface area contributed by atoms with Crippen LogP contribution in [0.25, 0.3) is 11.3 Å². The van der Waals surface area contributed by atoms with Crippen molar-refractivity contribution < 1.29 is 14.0 Å². The molecule has 1 saturated heterocycles. The van der Waals surface area contributed by atoms with Crippen molar-refractivity contribution in [1.29, 1.82) is 0 Å². The molecule has 5 rings (SSSR count). The van der Waals surface area contributed by atoms with Gasteiger partial charge < -0.3 is 20.4 Å². The van der Waals surface area contributed by atoms with Gasteiger partial charge in [0.25, 0.3) is 5.91 Å². The van der Waals surface area contributed by atoms with Crippen molar-refractivity contribution in [2.75, 3.05) is 6.54 Å². The van der Waals surface area contributed by atoms with Crippen LogP contribution < -0.4 is 16.0 Å². The molecule has 3 N–H and O–H groups in total. The second-order valence-corrected chi connectivity index (χ2v) is 11.1. The van der Waals surface area contributed by atoms with Gasteiger partial charge >= 0.3 is 0 Å². The molecule has 2 aromatic heterocycles. The lowest BCUT2D eigenvalue weighted by molar-refractivity contribution is -0.121. The van der Waals surface area contributed by atoms with Crippen molar-refractivity contribution in [2.45, 2.75) is 49.7 Å². The molecule has 1 saturated carbocycles. The van der Waals surface area contributed by atoms with E-state index < -0.39 is 5.91 Å². The number of amides is 2. The van der Waals surface area contributed by atoms with Gasteiger partial charge in [0.05, 0.1) is 32.5 Å². The standard InChI is InChI=1S/C25H25Cl4N5O3/c1-34-23(19(28)10-31-34)16-9-21(37-24(16)29)25(36)33-20-11-30-14(8-22(35)32-13-3-4-13)7-15(20)12-2-5-17(26)18(27)6-12/h2,5-6,9-10,13-15,20,30H,3-4,7-8,11H2,1H3,(H,32,35)(H,33,36)/t14?,15-,20+/m0/s1. The van der Waals surface area contributed by atoms with E-state index in [2.05, 4.69) is 21.0 Å². The molecule has 2 amide bonds. The van der Waals surface area contributed by atoms with Crippen molar-refractivity contribution in [3.8, 4) is 11.3 Å². The fraction of sp³-hybridized carbons (Fsp3) is 0.400. The van der Waals surface area contributed by atoms with Gasteiger partial charge in [0.2, 0.25) is 11.1 Å². The van der Waals surface area contributed by atoms with E-state index in [0.29, 0.717) is 51.8 Å². The molecule has 2 aliphatic rings. The van der Waals surface area contributed by atoms with Crippen molar-refractivity contribution in [3.63, 3.8) is 0 Å². The van der Waals surface area contributed by atoms with E-state index in [1.807, 2.05) is 12.1 Å². The fourth-order valence-corrected chi connectivity index (χ4v) is 5.54. The molecule has 0 bridgehead atoms. The molecular formula is C25H25Cl4N5O3. The van der Waals surface area contributed by atoms with Crippen LogP contribution in [-0.2, 0) is 11.8 Å². The third-order valence-electron chi connectivity index (χ3n) is 6.77. The minimum Gasteiger partial charge on any atom is -0.439 e. The summed E-state index contributed by atoms with van der Waals surface area (Å²) in [6.45, 7) is 0.451. The average molecular weight is 585 g/mol. The number of hydrogen-bond donors (Lipinski definition) is 3. The number of halogens is 4. The summed E-state index contributed by atoms with van der Waals surface area (Å²) >= 11 is 25.0. The number of carbonyl (C=O) groups excluding carboxylic acids is 2. The first kappa shape index (κ1) is 26.4. The van der Waals surface area contributed by atoms with Crippen LogP contribution in [0.15, 0.2) is 34.9 Å². The number of nitrogens with zero attached hydrogens (tertiary/aromatic N) is 2. The van der Waals surface area contributed by atoms with Gasteiger partial charge in [-0.3, -0.25) is 14.3 Å². The maximum atomic E-state index is 13.2. The predicted octanol–water partition coefficient (Wildman–Crippen LogP) is 5.21. The maximum Gasteiger partial charge on any atom is 0.287 e. The minimum absolute atomic E-state index is 0.0296. The molecule has 1 aromatic carbocycles. The number of rotatable bonds is 7. The Morgan fingerprint density at radius 1 is 1.11 bits per heavy atom. The van der Waals surface area contributed by atoms with Crippen LogP contribution in [0.5, 0.6) is 0 Å². The van der Waals surface area contributed by atoms with Crippen LogP contribution in [0, 0.1) is 0 Å². The van der Waals surface area contributed by atoms with Crippen LogP contribution in [-0.4, -0.2) is 46.3 Å². The van der Waals surface area contributed by atoms with Gasteiger partial charge in [0.1, 0.15) is 0 Å². The van der Waals surface area contributed by atoms with Crippen LogP contribution >= 0.6 is 46.4 Å². The van der Waals surface area contributed by atoms with Crippen LogP contribution in [0.1, 0.15) is 47.7 Å². The van der Waals surface area contributed by atoms with Gasteiger partial charge in [-0.1, -0.05) is 40.9 Å². The third-order valence-corrected chi connectivity index (χ3v) is 8.07. The smallest absolute Gasteiger partial charge is 0.287 e. The Morgan fingerprint density at radius 2 is 1.89 bits per heavy atom. The van der Waals surface area contributed by atoms with Gasteiger partial charge in [-0.25, -0.2) is 0 Å². The van der Waals surface area contributed by atoms with E-state index in [-0.39, 0.29) is 34.9 Å². The van der Waals surface area contributed by atoms with Crippen molar-refractivity contribution in [3.05, 3.63) is 62.1 Å². The first-order valence-electron chi connectivity index (χ1n) is 12.0. The van der Waals surface area contributed by atoms with Crippen LogP contribution in [0.3, 0.4) is 0 Å². The molecule has 1 aliphatic heterocycles. The molecule has 1 unspecified atom stereocenters. The average Bonchev–Trinajstić information content (AvgIpc) is 3.50. The van der Waals surface area contributed by atoms with Crippen molar-refractivity contribution in [1.82, 2.24) is 25.7 Å². The Kier molecular flexibility index (Phi) is 7.75. The summed E-state index contributed by atoms with van der Waals surface area (Å²) in [7, 11) is 1.72. The second-order valence-electron chi connectivity index (χ2n) is 9.51. The lowest BCUT2D eigenvalue weighted by atomic mass is 9.81. The zero-order valence-electron chi connectivity index (χ0n) is 19.9. The SMILES string of the molecule is Cn1ncc(Cl)c1-c1cc(C(=O)N[C@@H]2CNC(CC(=O)NC3CC3)C[C@H]2c2ccc(Cl)c(Cl)c2)oc1Cl. The molecule has 3 heterocycles. The number of aromatic nitrogens is 2. The minimum atomic E-state index is -0.423. The highest BCUT2D eigenvalue weighted by molar-refractivity contribution is 6.42. The molecular weight excluding hydrogens is 560 g/mol. The summed E-state index contributed by atoms with van der Waals surface area (Å²) in [5.74, 6) is -0.457. The number of nitrogens with one attached hydrogen (secondary N) is 3. The number of aryl methyl sites for hydroxylation is 1. The van der Waals surface area contributed by atoms with Gasteiger partial charge in [-0.05, 0) is 48.6 Å². The molecule has 12 heteroatoms. The second kappa shape index (κ2) is 10.9. The zero-order chi connectivity index (χ0) is 26.3. The Morgan fingerprint density at radius 3 is 2.57 bits per heavy atom. The van der Waals surface area contributed by atoms with Gasteiger partial charge in [0, 0.05) is 50.1 Å². The highest BCUT2D eigenvalue weighted by atomic mass is 35.5. The Hall–Kier alpha value is -2.23. The highest BCUT2D eigenvalue weighted by Crippen LogP contribution is 2.36. The van der Waals surface area contributed by atoms with E-state index in [4.69, 9.17) is 50.8 Å². The van der Waals surface area contributed by atoms with E-state index in [1.165, 1.54) is 6.20 Å². The first-order chi connectivity index (χ1) is 17.7. The number of hydrogen-bond acceptors (Lipinski definition) is 5. The summed E-state index contributed by atoms with van der Waals surface area (Å²) in [5.41, 5.74) is 1.95. The fourth-order valence-electron chi connectivity index (χ4n) is 4.74. The summed E-state index contributed by atoms with van der Waals surface area (Å²) in [6.07, 6.45) is 4.55. The molecule has 2 fully saturated rings. The zero-order valence-corrected chi connectivity index (χ0v) is 22.9. The van der Waals surface area contributed by atoms with Gasteiger partial charge in [-0.2, -0.15) is 5.10 Å². The summed E-state index contributed by atoms with van der Waals surface area (Å²) in [4.78, 5) is 25.7. The topological polar surface area (TPSA) is 101 Å². The molecule has 3 aromatic rings. The lowest BCUT2D eigenvalue weighted by Crippen LogP contribution is -2.54. The summed E-state index contributed by atoms with van der Waals surface area (Å²) in [5, 5.41) is 14.9. The Balaban J connectivity index is 1.35. The molecule has 8 nitrogen and oxygen atoms in total. The molecule has 37 heavy (non-hydrogen) atoms. The van der Waals surface area contributed by atoms with Crippen molar-refractivity contribution >= 4 is 58.2 Å². The van der Waals surface area contributed by atoms with Crippen molar-refractivity contribution in [2.24, 2.45) is 7.05 Å². The Labute approximate surface area is 234 Å².